The number of carbonyl (C=O) groups is 1. The van der Waals surface area contributed by atoms with Gasteiger partial charge < -0.3 is 19.0 Å². The summed E-state index contributed by atoms with van der Waals surface area (Å²) in [7, 11) is -0.820. The summed E-state index contributed by atoms with van der Waals surface area (Å²) < 4.78 is 18.8. The molecule has 0 aliphatic carbocycles. The lowest BCUT2D eigenvalue weighted by atomic mass is 10.0. The fourth-order valence-corrected chi connectivity index (χ4v) is 5.55. The van der Waals surface area contributed by atoms with Crippen LogP contribution >= 0.6 is 11.8 Å². The maximum Gasteiger partial charge on any atom is 0.225 e. The average molecular weight is 545 g/mol. The zero-order valence-electron chi connectivity index (χ0n) is 23.5. The summed E-state index contributed by atoms with van der Waals surface area (Å²) in [6.45, 7) is 15.3. The number of hydrogen-bond acceptors (Lipinski definition) is 6. The number of rotatable bonds is 13. The SMILES string of the molecule is CO[C@@H](C(=O)Sc1ccccc1)[C@@H](O)[C@@H](OCc1ccccc1)[C@@H](/C=C/C(C)C)O[Si](C)(C)C(C)(C)C. The van der Waals surface area contributed by atoms with Gasteiger partial charge in [-0.1, -0.05) is 95.3 Å². The highest BCUT2D eigenvalue weighted by Crippen LogP contribution is 2.38. The quantitative estimate of drug-likeness (QED) is 0.169. The van der Waals surface area contributed by atoms with Crippen molar-refractivity contribution in [3.63, 3.8) is 0 Å². The van der Waals surface area contributed by atoms with Crippen LogP contribution in [0.25, 0.3) is 0 Å². The van der Waals surface area contributed by atoms with Crippen LogP contribution in [0.4, 0.5) is 0 Å². The molecular weight excluding hydrogens is 500 g/mol. The van der Waals surface area contributed by atoms with Crippen LogP contribution in [0.3, 0.4) is 0 Å². The lowest BCUT2D eigenvalue weighted by Crippen LogP contribution is -2.53. The Balaban J connectivity index is 2.43. The number of aliphatic hydroxyl groups excluding tert-OH is 1. The molecule has 0 bridgehead atoms. The fraction of sp³-hybridized carbons (Fsp3) is 0.500. The van der Waals surface area contributed by atoms with Gasteiger partial charge in [-0.2, -0.15) is 0 Å². The van der Waals surface area contributed by atoms with Crippen LogP contribution in [0.15, 0.2) is 77.7 Å². The van der Waals surface area contributed by atoms with Gasteiger partial charge in [-0.05, 0) is 53.5 Å². The van der Waals surface area contributed by atoms with Crippen LogP contribution in [0, 0.1) is 5.92 Å². The Morgan fingerprint density at radius 1 is 1.00 bits per heavy atom. The molecule has 0 radical (unpaired) electrons. The molecule has 0 spiro atoms. The summed E-state index contributed by atoms with van der Waals surface area (Å²) in [5.41, 5.74) is 0.970. The van der Waals surface area contributed by atoms with Crippen LogP contribution in [-0.2, 0) is 25.3 Å². The number of benzene rings is 2. The normalized spacial score (nSPS) is 16.1. The van der Waals surface area contributed by atoms with Gasteiger partial charge in [0, 0.05) is 12.0 Å². The molecule has 1 N–H and O–H groups in total. The van der Waals surface area contributed by atoms with Crippen molar-refractivity contribution in [2.24, 2.45) is 5.92 Å². The Hall–Kier alpha value is -1.74. The first-order chi connectivity index (χ1) is 17.4. The van der Waals surface area contributed by atoms with Crippen molar-refractivity contribution in [1.29, 1.82) is 0 Å². The zero-order chi connectivity index (χ0) is 27.6. The van der Waals surface area contributed by atoms with Crippen molar-refractivity contribution in [2.45, 2.75) is 88.7 Å². The predicted molar refractivity (Wildman–Crippen MR) is 155 cm³/mol. The first-order valence-corrected chi connectivity index (χ1v) is 16.6. The second-order valence-electron chi connectivity index (χ2n) is 11.1. The highest BCUT2D eigenvalue weighted by Gasteiger charge is 2.44. The number of ether oxygens (including phenoxy) is 2. The van der Waals surface area contributed by atoms with Gasteiger partial charge in [0.1, 0.15) is 12.2 Å². The van der Waals surface area contributed by atoms with Gasteiger partial charge >= 0.3 is 0 Å². The van der Waals surface area contributed by atoms with E-state index in [2.05, 4.69) is 53.8 Å². The van der Waals surface area contributed by atoms with Gasteiger partial charge in [0.2, 0.25) is 5.12 Å². The van der Waals surface area contributed by atoms with E-state index in [0.717, 1.165) is 22.2 Å². The average Bonchev–Trinajstić information content (AvgIpc) is 2.83. The van der Waals surface area contributed by atoms with Gasteiger partial charge in [-0.3, -0.25) is 4.79 Å². The van der Waals surface area contributed by atoms with E-state index in [1.807, 2.05) is 66.7 Å². The largest absolute Gasteiger partial charge is 0.408 e. The fourth-order valence-electron chi connectivity index (χ4n) is 3.43. The Morgan fingerprint density at radius 3 is 2.08 bits per heavy atom. The molecule has 5 nitrogen and oxygen atoms in total. The number of carbonyl (C=O) groups excluding carboxylic acids is 1. The van der Waals surface area contributed by atoms with Crippen molar-refractivity contribution < 1.29 is 23.8 Å². The van der Waals surface area contributed by atoms with Crippen molar-refractivity contribution in [3.05, 3.63) is 78.4 Å². The van der Waals surface area contributed by atoms with E-state index >= 15 is 0 Å². The topological polar surface area (TPSA) is 65.0 Å². The summed E-state index contributed by atoms with van der Waals surface area (Å²) in [5, 5.41) is 11.3. The van der Waals surface area contributed by atoms with Crippen LogP contribution in [-0.4, -0.2) is 50.1 Å². The minimum atomic E-state index is -2.26. The van der Waals surface area contributed by atoms with E-state index in [0.29, 0.717) is 0 Å². The molecule has 37 heavy (non-hydrogen) atoms. The highest BCUT2D eigenvalue weighted by molar-refractivity contribution is 8.13. The molecule has 0 aliphatic rings. The third-order valence-electron chi connectivity index (χ3n) is 6.63. The Morgan fingerprint density at radius 2 is 1.57 bits per heavy atom. The van der Waals surface area contributed by atoms with Gasteiger partial charge in [0.15, 0.2) is 14.4 Å². The molecule has 2 aromatic carbocycles. The van der Waals surface area contributed by atoms with E-state index in [1.54, 1.807) is 0 Å². The Bertz CT molecular complexity index is 972. The third-order valence-corrected chi connectivity index (χ3v) is 12.0. The van der Waals surface area contributed by atoms with E-state index < -0.39 is 32.7 Å². The monoisotopic (exact) mass is 544 g/mol. The smallest absolute Gasteiger partial charge is 0.225 e. The molecule has 0 aromatic heterocycles. The van der Waals surface area contributed by atoms with Crippen LogP contribution in [0.5, 0.6) is 0 Å². The molecule has 0 amide bonds. The van der Waals surface area contributed by atoms with E-state index in [9.17, 15) is 9.90 Å². The van der Waals surface area contributed by atoms with E-state index in [1.165, 1.54) is 7.11 Å². The number of thioether (sulfide) groups is 1. The van der Waals surface area contributed by atoms with Gasteiger partial charge in [-0.15, -0.1) is 0 Å². The van der Waals surface area contributed by atoms with Crippen molar-refractivity contribution in [1.82, 2.24) is 0 Å². The maximum atomic E-state index is 13.3. The minimum Gasteiger partial charge on any atom is -0.408 e. The van der Waals surface area contributed by atoms with E-state index in [-0.39, 0.29) is 22.7 Å². The van der Waals surface area contributed by atoms with Crippen LogP contribution in [0.2, 0.25) is 18.1 Å². The molecule has 0 unspecified atom stereocenters. The molecule has 2 aromatic rings. The molecule has 7 heteroatoms. The molecule has 204 valence electrons. The molecule has 0 aliphatic heterocycles. The lowest BCUT2D eigenvalue weighted by molar-refractivity contribution is -0.148. The summed E-state index contributed by atoms with van der Waals surface area (Å²) in [6, 6.07) is 19.2. The second kappa shape index (κ2) is 14.4. The lowest BCUT2D eigenvalue weighted by Gasteiger charge is -2.42. The van der Waals surface area contributed by atoms with Gasteiger partial charge in [-0.25, -0.2) is 0 Å². The first kappa shape index (κ1) is 31.5. The van der Waals surface area contributed by atoms with Crippen molar-refractivity contribution in [3.8, 4) is 0 Å². The number of allylic oxidation sites excluding steroid dienone is 1. The van der Waals surface area contributed by atoms with Gasteiger partial charge in [0.05, 0.1) is 12.7 Å². The van der Waals surface area contributed by atoms with Crippen molar-refractivity contribution in [2.75, 3.05) is 7.11 Å². The Labute approximate surface area is 228 Å². The van der Waals surface area contributed by atoms with E-state index in [4.69, 9.17) is 13.9 Å². The molecule has 0 saturated carbocycles. The van der Waals surface area contributed by atoms with Crippen LogP contribution in [0.1, 0.15) is 40.2 Å². The highest BCUT2D eigenvalue weighted by atomic mass is 32.2. The number of hydrogen-bond donors (Lipinski definition) is 1. The third kappa shape index (κ3) is 9.82. The summed E-state index contributed by atoms with van der Waals surface area (Å²) in [4.78, 5) is 14.1. The molecule has 2 rings (SSSR count). The molecular formula is C30H44O5SSi. The predicted octanol–water partition coefficient (Wildman–Crippen LogP) is 6.87. The first-order valence-electron chi connectivity index (χ1n) is 12.8. The second-order valence-corrected chi connectivity index (χ2v) is 16.9. The zero-order valence-corrected chi connectivity index (χ0v) is 25.3. The summed E-state index contributed by atoms with van der Waals surface area (Å²) in [5.74, 6) is 0.283. The number of methoxy groups -OCH3 is 1. The molecule has 0 fully saturated rings. The molecule has 4 atom stereocenters. The Kier molecular flexibility index (Phi) is 12.3. The van der Waals surface area contributed by atoms with Gasteiger partial charge in [0.25, 0.3) is 0 Å². The maximum absolute atomic E-state index is 13.3. The summed E-state index contributed by atoms with van der Waals surface area (Å²) in [6.07, 6.45) is 0.314. The molecule has 0 saturated heterocycles. The van der Waals surface area contributed by atoms with Crippen LogP contribution < -0.4 is 0 Å². The number of aliphatic hydroxyl groups is 1. The summed E-state index contributed by atoms with van der Waals surface area (Å²) >= 11 is 1.05. The van der Waals surface area contributed by atoms with Crippen molar-refractivity contribution >= 4 is 25.2 Å². The molecule has 0 heterocycles. The standard InChI is InChI=1S/C30H44O5SSi/c1-22(2)19-20-25(35-37(7,8)30(3,4)5)27(34-21-23-15-11-9-12-16-23)26(31)28(33-6)29(32)36-24-17-13-10-14-18-24/h9-20,22,25-28,31H,21H2,1-8H3/b20-19+/t25-,26+,27+,28-/m1/s1. The minimum absolute atomic E-state index is 0.0501.